The van der Waals surface area contributed by atoms with Gasteiger partial charge in [-0.05, 0) is 73.5 Å². The zero-order valence-electron chi connectivity index (χ0n) is 30.9. The summed E-state index contributed by atoms with van der Waals surface area (Å²) in [5.41, 5.74) is 7.13. The maximum Gasteiger partial charge on any atom is 2.00 e. The Hall–Kier alpha value is -5.12. The molecule has 0 bridgehead atoms. The minimum absolute atomic E-state index is 0. The molecule has 0 N–H and O–H groups in total. The summed E-state index contributed by atoms with van der Waals surface area (Å²) >= 11 is 0. The van der Waals surface area contributed by atoms with Crippen LogP contribution in [0.1, 0.15) is 86.1 Å². The Labute approximate surface area is 321 Å². The van der Waals surface area contributed by atoms with Crippen molar-refractivity contribution in [3.05, 3.63) is 190 Å². The first kappa shape index (κ1) is 38.1. The molecule has 5 heteroatoms. The van der Waals surface area contributed by atoms with Gasteiger partial charge in [-0.15, -0.1) is 5.75 Å². The van der Waals surface area contributed by atoms with Crippen LogP contribution in [-0.4, -0.2) is 12.4 Å². The summed E-state index contributed by atoms with van der Waals surface area (Å²) in [6.07, 6.45) is 3.28. The van der Waals surface area contributed by atoms with Gasteiger partial charge in [-0.25, -0.2) is 0 Å². The number of hydrogen-bond acceptors (Lipinski definition) is 4. The minimum atomic E-state index is -0.689. The molecule has 0 aromatic heterocycles. The van der Waals surface area contributed by atoms with E-state index in [0.717, 1.165) is 33.4 Å². The van der Waals surface area contributed by atoms with Crippen LogP contribution >= 0.6 is 0 Å². The van der Waals surface area contributed by atoms with Gasteiger partial charge in [0.15, 0.2) is 0 Å². The fraction of sp³-hybridized carbons (Fsp3) is 0.191. The quantitative estimate of drug-likeness (QED) is 0.0888. The van der Waals surface area contributed by atoms with E-state index in [2.05, 4.69) is 114 Å². The molecule has 0 heterocycles. The molecule has 0 aliphatic carbocycles. The van der Waals surface area contributed by atoms with Crippen LogP contribution in [0.4, 0.5) is 11.4 Å². The van der Waals surface area contributed by atoms with E-state index in [9.17, 15) is 10.2 Å². The van der Waals surface area contributed by atoms with Crippen molar-refractivity contribution in [2.24, 2.45) is 9.98 Å². The first-order valence-corrected chi connectivity index (χ1v) is 17.4. The van der Waals surface area contributed by atoms with Gasteiger partial charge in [-0.3, -0.25) is 9.98 Å². The number of hydrogen-bond donors (Lipinski definition) is 0. The first-order chi connectivity index (χ1) is 24.4. The molecule has 0 amide bonds. The number of rotatable bonds is 8. The summed E-state index contributed by atoms with van der Waals surface area (Å²) in [4.78, 5) is 9.59. The predicted molar refractivity (Wildman–Crippen MR) is 208 cm³/mol. The van der Waals surface area contributed by atoms with Crippen molar-refractivity contribution in [3.8, 4) is 11.5 Å². The van der Waals surface area contributed by atoms with Crippen LogP contribution in [-0.2, 0) is 35.7 Å². The topological polar surface area (TPSA) is 70.8 Å². The molecule has 0 spiro atoms. The van der Waals surface area contributed by atoms with E-state index >= 15 is 0 Å². The molecule has 6 aromatic carbocycles. The fourth-order valence-electron chi connectivity index (χ4n) is 6.65. The Balaban J connectivity index is 0.00000523. The van der Waals surface area contributed by atoms with Crippen molar-refractivity contribution in [3.63, 3.8) is 0 Å². The summed E-state index contributed by atoms with van der Waals surface area (Å²) in [6, 6.07) is 48.2. The van der Waals surface area contributed by atoms with Crippen molar-refractivity contribution >= 4 is 23.8 Å². The fourth-order valence-corrected chi connectivity index (χ4v) is 6.65. The minimum Gasteiger partial charge on any atom is -0.872 e. The molecule has 4 nitrogen and oxygen atoms in total. The van der Waals surface area contributed by atoms with Crippen LogP contribution in [0, 0.1) is 0 Å². The molecule has 6 aromatic rings. The zero-order valence-corrected chi connectivity index (χ0v) is 33.9. The van der Waals surface area contributed by atoms with Crippen LogP contribution in [0.3, 0.4) is 0 Å². The molecule has 256 valence electrons. The Morgan fingerprint density at radius 3 is 1.31 bits per heavy atom. The molecule has 0 unspecified atom stereocenters. The van der Waals surface area contributed by atoms with Gasteiger partial charge < -0.3 is 10.2 Å². The van der Waals surface area contributed by atoms with Crippen molar-refractivity contribution in [2.75, 3.05) is 0 Å². The van der Waals surface area contributed by atoms with Crippen molar-refractivity contribution in [1.82, 2.24) is 0 Å². The third-order valence-electron chi connectivity index (χ3n) is 9.42. The van der Waals surface area contributed by atoms with Gasteiger partial charge in [0.2, 0.25) is 0 Å². The van der Waals surface area contributed by atoms with E-state index in [1.807, 2.05) is 66.7 Å². The second-order valence-corrected chi connectivity index (χ2v) is 15.0. The molecule has 0 fully saturated rings. The van der Waals surface area contributed by atoms with Gasteiger partial charge in [0.1, 0.15) is 0 Å². The van der Waals surface area contributed by atoms with Crippen molar-refractivity contribution < 1.29 is 29.7 Å². The maximum absolute atomic E-state index is 13.6. The van der Waals surface area contributed by atoms with E-state index in [4.69, 9.17) is 9.98 Å². The SMILES string of the molecule is CC(C)(C)c1cc(C=Nc2ccccc2N=Cc2cc(C(c3ccccc3)(c3ccccc3)c3ccccc3)ccc2[O-])c([O-])c(C(C)(C)C)c1.[Zn+2]. The molecule has 52 heavy (non-hydrogen) atoms. The summed E-state index contributed by atoms with van der Waals surface area (Å²) in [5, 5.41) is 27.0. The third-order valence-corrected chi connectivity index (χ3v) is 9.42. The number of para-hydroxylation sites is 2. The summed E-state index contributed by atoms with van der Waals surface area (Å²) in [5.74, 6) is -0.150. The van der Waals surface area contributed by atoms with Gasteiger partial charge in [-0.1, -0.05) is 175 Å². The smallest absolute Gasteiger partial charge is 0.872 e. The molecule has 0 atom stereocenters. The normalized spacial score (nSPS) is 12.3. The zero-order chi connectivity index (χ0) is 36.2. The summed E-state index contributed by atoms with van der Waals surface area (Å²) in [7, 11) is 0. The largest absolute Gasteiger partial charge is 2.00 e. The summed E-state index contributed by atoms with van der Waals surface area (Å²) in [6.45, 7) is 12.6. The van der Waals surface area contributed by atoms with Crippen LogP contribution in [0.5, 0.6) is 11.5 Å². The Morgan fingerprint density at radius 1 is 0.442 bits per heavy atom. The van der Waals surface area contributed by atoms with E-state index in [0.29, 0.717) is 22.5 Å². The molecule has 0 radical (unpaired) electrons. The van der Waals surface area contributed by atoms with E-state index in [1.165, 1.54) is 0 Å². The number of nitrogens with zero attached hydrogens (tertiary/aromatic N) is 2. The predicted octanol–water partition coefficient (Wildman–Crippen LogP) is 10.3. The number of benzene rings is 6. The van der Waals surface area contributed by atoms with E-state index in [-0.39, 0.29) is 41.8 Å². The van der Waals surface area contributed by atoms with Gasteiger partial charge in [0, 0.05) is 12.4 Å². The maximum atomic E-state index is 13.6. The Morgan fingerprint density at radius 2 is 0.865 bits per heavy atom. The molecular formula is C47H44N2O2Zn. The second kappa shape index (κ2) is 15.6. The van der Waals surface area contributed by atoms with Gasteiger partial charge in [0.25, 0.3) is 0 Å². The third kappa shape index (κ3) is 7.86. The van der Waals surface area contributed by atoms with Crippen molar-refractivity contribution in [1.29, 1.82) is 0 Å². The van der Waals surface area contributed by atoms with Crippen LogP contribution in [0.15, 0.2) is 156 Å². The average Bonchev–Trinajstić information content (AvgIpc) is 3.12. The standard InChI is InChI=1S/C47H46N2O2.Zn/c1-45(2,3)39-29-34(44(51)40(30-39)46(4,5)6)32-49-42-25-17-16-24-41(42)48-31-33-28-38(26-27-43(33)50)47(35-18-10-7-11-19-35,36-20-12-8-13-21-36)37-22-14-9-15-23-37;/h7-32,50-51H,1-6H3;/q;+2/p-2. The Bertz CT molecular complexity index is 2080. The van der Waals surface area contributed by atoms with Crippen LogP contribution in [0.25, 0.3) is 0 Å². The summed E-state index contributed by atoms with van der Waals surface area (Å²) < 4.78 is 0. The van der Waals surface area contributed by atoms with Crippen molar-refractivity contribution in [2.45, 2.75) is 57.8 Å². The van der Waals surface area contributed by atoms with Gasteiger partial charge >= 0.3 is 19.5 Å². The van der Waals surface area contributed by atoms with Gasteiger partial charge in [-0.2, -0.15) is 0 Å². The Kier molecular flexibility index (Phi) is 11.5. The number of aliphatic imine (C=N–C) groups is 2. The van der Waals surface area contributed by atoms with E-state index in [1.54, 1.807) is 18.5 Å². The molecule has 6 rings (SSSR count). The van der Waals surface area contributed by atoms with Crippen LogP contribution in [0.2, 0.25) is 0 Å². The second-order valence-electron chi connectivity index (χ2n) is 15.0. The average molecular weight is 734 g/mol. The van der Waals surface area contributed by atoms with E-state index < -0.39 is 5.41 Å². The first-order valence-electron chi connectivity index (χ1n) is 17.4. The van der Waals surface area contributed by atoms with Gasteiger partial charge in [0.05, 0.1) is 16.8 Å². The van der Waals surface area contributed by atoms with Crippen LogP contribution < -0.4 is 10.2 Å². The molecule has 0 aliphatic heterocycles. The monoisotopic (exact) mass is 732 g/mol. The molecule has 0 saturated heterocycles. The molecular weight excluding hydrogens is 690 g/mol. The molecule has 0 aliphatic rings. The molecule has 0 saturated carbocycles.